The van der Waals surface area contributed by atoms with Gasteiger partial charge in [-0.1, -0.05) is 20.8 Å². The average molecular weight is 262 g/mol. The molecule has 0 heterocycles. The second kappa shape index (κ2) is 6.60. The number of rotatable bonds is 6. The summed E-state index contributed by atoms with van der Waals surface area (Å²) in [6.07, 6.45) is 2.87. The molecule has 0 aliphatic carbocycles. The van der Waals surface area contributed by atoms with Crippen LogP contribution in [-0.4, -0.2) is 18.5 Å². The van der Waals surface area contributed by atoms with Crippen molar-refractivity contribution in [2.75, 3.05) is 12.4 Å². The third kappa shape index (κ3) is 3.49. The van der Waals surface area contributed by atoms with Crippen molar-refractivity contribution in [2.24, 2.45) is 0 Å². The van der Waals surface area contributed by atoms with Crippen LogP contribution in [0.1, 0.15) is 56.0 Å². The Bertz CT molecular complexity index is 428. The van der Waals surface area contributed by atoms with Gasteiger partial charge in [-0.3, -0.25) is 4.79 Å². The minimum atomic E-state index is -0.0782. The van der Waals surface area contributed by atoms with E-state index in [1.807, 2.05) is 32.2 Å². The lowest BCUT2D eigenvalue weighted by Gasteiger charge is -2.32. The molecule has 1 aromatic carbocycles. The molecule has 2 N–H and O–H groups in total. The largest absolute Gasteiger partial charge is 0.388 e. The van der Waals surface area contributed by atoms with Crippen LogP contribution in [0.15, 0.2) is 18.2 Å². The molecule has 0 saturated carbocycles. The van der Waals surface area contributed by atoms with Crippen molar-refractivity contribution < 1.29 is 4.79 Å². The third-order valence-electron chi connectivity index (χ3n) is 4.17. The van der Waals surface area contributed by atoms with Gasteiger partial charge in [-0.15, -0.1) is 0 Å². The molecular formula is C16H26N2O. The molecule has 3 heteroatoms. The minimum absolute atomic E-state index is 0.0331. The summed E-state index contributed by atoms with van der Waals surface area (Å²) in [5, 5.41) is 6.30. The monoisotopic (exact) mass is 262 g/mol. The zero-order chi connectivity index (χ0) is 14.5. The smallest absolute Gasteiger partial charge is 0.251 e. The van der Waals surface area contributed by atoms with Crippen LogP contribution >= 0.6 is 0 Å². The van der Waals surface area contributed by atoms with Crippen molar-refractivity contribution in [1.29, 1.82) is 0 Å². The maximum atomic E-state index is 12.4. The fraction of sp³-hybridized carbons (Fsp3) is 0.562. The van der Waals surface area contributed by atoms with E-state index in [-0.39, 0.29) is 11.4 Å². The molecule has 106 valence electrons. The van der Waals surface area contributed by atoms with Crippen LogP contribution in [0, 0.1) is 6.92 Å². The maximum Gasteiger partial charge on any atom is 0.251 e. The van der Waals surface area contributed by atoms with Crippen LogP contribution in [0.25, 0.3) is 0 Å². The van der Waals surface area contributed by atoms with E-state index in [0.717, 1.165) is 36.1 Å². The summed E-state index contributed by atoms with van der Waals surface area (Å²) < 4.78 is 0. The molecule has 0 aliphatic rings. The highest BCUT2D eigenvalue weighted by molar-refractivity contribution is 5.96. The third-order valence-corrected chi connectivity index (χ3v) is 4.17. The molecule has 3 nitrogen and oxygen atoms in total. The van der Waals surface area contributed by atoms with Gasteiger partial charge in [0.1, 0.15) is 0 Å². The molecule has 1 aromatic rings. The van der Waals surface area contributed by atoms with Gasteiger partial charge in [-0.05, 0) is 49.9 Å². The first-order valence-electron chi connectivity index (χ1n) is 7.12. The van der Waals surface area contributed by atoms with Gasteiger partial charge in [0, 0.05) is 23.8 Å². The SMILES string of the molecule is CCC(CC)(CC)NC(=O)c1ccc(NC)cc1C. The summed E-state index contributed by atoms with van der Waals surface area (Å²) in [6, 6.07) is 5.83. The van der Waals surface area contributed by atoms with Crippen LogP contribution in [0.4, 0.5) is 5.69 Å². The molecule has 0 fully saturated rings. The van der Waals surface area contributed by atoms with E-state index in [1.165, 1.54) is 0 Å². The fourth-order valence-electron chi connectivity index (χ4n) is 2.40. The normalized spacial score (nSPS) is 11.2. The van der Waals surface area contributed by atoms with Gasteiger partial charge >= 0.3 is 0 Å². The molecular weight excluding hydrogens is 236 g/mol. The van der Waals surface area contributed by atoms with Gasteiger partial charge < -0.3 is 10.6 Å². The predicted octanol–water partition coefficient (Wildman–Crippen LogP) is 3.74. The zero-order valence-corrected chi connectivity index (χ0v) is 12.8. The number of carbonyl (C=O) groups excluding carboxylic acids is 1. The van der Waals surface area contributed by atoms with Crippen LogP contribution < -0.4 is 10.6 Å². The first-order chi connectivity index (χ1) is 9.01. The number of hydrogen-bond donors (Lipinski definition) is 2. The molecule has 0 aliphatic heterocycles. The summed E-state index contributed by atoms with van der Waals surface area (Å²) in [5.74, 6) is 0.0331. The van der Waals surface area contributed by atoms with E-state index < -0.39 is 0 Å². The summed E-state index contributed by atoms with van der Waals surface area (Å²) >= 11 is 0. The minimum Gasteiger partial charge on any atom is -0.388 e. The Hall–Kier alpha value is -1.51. The van der Waals surface area contributed by atoms with E-state index in [1.54, 1.807) is 0 Å². The standard InChI is InChI=1S/C16H26N2O/c1-6-16(7-2,8-3)18-15(19)14-10-9-13(17-5)11-12(14)4/h9-11,17H,6-8H2,1-5H3,(H,18,19). The van der Waals surface area contributed by atoms with Gasteiger partial charge in [0.05, 0.1) is 0 Å². The molecule has 0 spiro atoms. The molecule has 0 unspecified atom stereocenters. The highest BCUT2D eigenvalue weighted by Gasteiger charge is 2.26. The van der Waals surface area contributed by atoms with Crippen LogP contribution in [-0.2, 0) is 0 Å². The van der Waals surface area contributed by atoms with Crippen molar-refractivity contribution in [3.05, 3.63) is 29.3 Å². The number of anilines is 1. The van der Waals surface area contributed by atoms with Crippen molar-refractivity contribution in [3.8, 4) is 0 Å². The van der Waals surface area contributed by atoms with E-state index in [9.17, 15) is 4.79 Å². The van der Waals surface area contributed by atoms with Crippen LogP contribution in [0.5, 0.6) is 0 Å². The van der Waals surface area contributed by atoms with E-state index in [0.29, 0.717) is 0 Å². The lowest BCUT2D eigenvalue weighted by atomic mass is 9.89. The summed E-state index contributed by atoms with van der Waals surface area (Å²) in [5.41, 5.74) is 2.72. The predicted molar refractivity (Wildman–Crippen MR) is 81.8 cm³/mol. The highest BCUT2D eigenvalue weighted by Crippen LogP contribution is 2.21. The van der Waals surface area contributed by atoms with Crippen LogP contribution in [0.2, 0.25) is 0 Å². The quantitative estimate of drug-likeness (QED) is 0.820. The number of hydrogen-bond acceptors (Lipinski definition) is 2. The van der Waals surface area contributed by atoms with E-state index in [4.69, 9.17) is 0 Å². The summed E-state index contributed by atoms with van der Waals surface area (Å²) in [6.45, 7) is 8.36. The molecule has 19 heavy (non-hydrogen) atoms. The van der Waals surface area contributed by atoms with Crippen LogP contribution in [0.3, 0.4) is 0 Å². The number of benzene rings is 1. The second-order valence-corrected chi connectivity index (χ2v) is 5.07. The van der Waals surface area contributed by atoms with Gasteiger partial charge in [0.2, 0.25) is 0 Å². The van der Waals surface area contributed by atoms with Crippen molar-refractivity contribution in [2.45, 2.75) is 52.5 Å². The Kier molecular flexibility index (Phi) is 5.40. The Morgan fingerprint density at radius 2 is 1.74 bits per heavy atom. The number of aryl methyl sites for hydroxylation is 1. The average Bonchev–Trinajstić information content (AvgIpc) is 2.44. The molecule has 0 aromatic heterocycles. The van der Waals surface area contributed by atoms with Gasteiger partial charge in [0.15, 0.2) is 0 Å². The molecule has 0 radical (unpaired) electrons. The Morgan fingerprint density at radius 3 is 2.16 bits per heavy atom. The molecule has 1 rings (SSSR count). The number of carbonyl (C=O) groups is 1. The Balaban J connectivity index is 2.95. The first kappa shape index (κ1) is 15.5. The van der Waals surface area contributed by atoms with Crippen molar-refractivity contribution >= 4 is 11.6 Å². The molecule has 0 bridgehead atoms. The first-order valence-corrected chi connectivity index (χ1v) is 7.12. The van der Waals surface area contributed by atoms with Gasteiger partial charge in [0.25, 0.3) is 5.91 Å². The number of amides is 1. The lowest BCUT2D eigenvalue weighted by Crippen LogP contribution is -2.47. The zero-order valence-electron chi connectivity index (χ0n) is 12.8. The topological polar surface area (TPSA) is 41.1 Å². The summed E-state index contributed by atoms with van der Waals surface area (Å²) in [4.78, 5) is 12.4. The fourth-order valence-corrected chi connectivity index (χ4v) is 2.40. The van der Waals surface area contributed by atoms with E-state index >= 15 is 0 Å². The lowest BCUT2D eigenvalue weighted by molar-refractivity contribution is 0.0887. The summed E-state index contributed by atoms with van der Waals surface area (Å²) in [7, 11) is 1.88. The maximum absolute atomic E-state index is 12.4. The van der Waals surface area contributed by atoms with E-state index in [2.05, 4.69) is 31.4 Å². The molecule has 1 amide bonds. The second-order valence-electron chi connectivity index (χ2n) is 5.07. The van der Waals surface area contributed by atoms with Crippen molar-refractivity contribution in [1.82, 2.24) is 5.32 Å². The van der Waals surface area contributed by atoms with Gasteiger partial charge in [-0.2, -0.15) is 0 Å². The van der Waals surface area contributed by atoms with Crippen molar-refractivity contribution in [3.63, 3.8) is 0 Å². The molecule has 0 saturated heterocycles. The molecule has 0 atom stereocenters. The highest BCUT2D eigenvalue weighted by atomic mass is 16.1. The van der Waals surface area contributed by atoms with Gasteiger partial charge in [-0.25, -0.2) is 0 Å². The Labute approximate surface area is 116 Å². The number of nitrogens with one attached hydrogen (secondary N) is 2. The Morgan fingerprint density at radius 1 is 1.16 bits per heavy atom.